The Labute approximate surface area is 44.2 Å². The van der Waals surface area contributed by atoms with Gasteiger partial charge in [-0.2, -0.15) is 0 Å². The monoisotopic (exact) mass is 128 g/mol. The van der Waals surface area contributed by atoms with Crippen LogP contribution in [0.2, 0.25) is 0 Å². The first-order valence-electron chi connectivity index (χ1n) is 0.894. The van der Waals surface area contributed by atoms with Crippen molar-refractivity contribution in [2.24, 2.45) is 0 Å². The third-order valence-corrected chi connectivity index (χ3v) is 0. The first kappa shape index (κ1) is 15.7. The molecule has 0 radical (unpaired) electrons. The standard InChI is InChI=1S/2CH4.H4O4Si/c;;1-5(2,3)4/h2*1H4;1-4H. The van der Waals surface area contributed by atoms with Gasteiger partial charge in [-0.15, -0.1) is 0 Å². The minimum atomic E-state index is -4.61. The average Bonchev–Trinajstić information content (AvgIpc) is 0.722. The molecule has 0 saturated carbocycles. The fourth-order valence-electron chi connectivity index (χ4n) is 0. The Kier molecular flexibility index (Phi) is 9.49. The summed E-state index contributed by atoms with van der Waals surface area (Å²) in [6.45, 7) is 0. The molecule has 0 bridgehead atoms. The van der Waals surface area contributed by atoms with Crippen LogP contribution < -0.4 is 0 Å². The Balaban J connectivity index is -0.0000000800. The van der Waals surface area contributed by atoms with Crippen molar-refractivity contribution in [3.05, 3.63) is 0 Å². The maximum atomic E-state index is 7.33. The maximum Gasteiger partial charge on any atom is 0.668 e. The van der Waals surface area contributed by atoms with Crippen LogP contribution in [0.4, 0.5) is 0 Å². The van der Waals surface area contributed by atoms with Crippen molar-refractivity contribution >= 4 is 9.05 Å². The van der Waals surface area contributed by atoms with Crippen LogP contribution in [-0.4, -0.2) is 28.2 Å². The van der Waals surface area contributed by atoms with Crippen LogP contribution in [0.15, 0.2) is 0 Å². The number of hydrogen-bond acceptors (Lipinski definition) is 4. The van der Waals surface area contributed by atoms with Crippen molar-refractivity contribution in [2.75, 3.05) is 0 Å². The van der Waals surface area contributed by atoms with Gasteiger partial charge in [-0.1, -0.05) is 14.9 Å². The highest BCUT2D eigenvalue weighted by atomic mass is 28.4. The van der Waals surface area contributed by atoms with E-state index >= 15 is 0 Å². The van der Waals surface area contributed by atoms with E-state index < -0.39 is 9.05 Å². The molecule has 4 N–H and O–H groups in total. The fourth-order valence-corrected chi connectivity index (χ4v) is 0. The van der Waals surface area contributed by atoms with E-state index in [2.05, 4.69) is 0 Å². The summed E-state index contributed by atoms with van der Waals surface area (Å²) in [4.78, 5) is 29.3. The molecule has 7 heavy (non-hydrogen) atoms. The fraction of sp³-hybridized carbons (Fsp3) is 1.00. The molecule has 0 heterocycles. The van der Waals surface area contributed by atoms with E-state index in [0.717, 1.165) is 0 Å². The molecule has 48 valence electrons. The van der Waals surface area contributed by atoms with Gasteiger partial charge in [0.05, 0.1) is 0 Å². The first-order valence-corrected chi connectivity index (χ1v) is 2.68. The van der Waals surface area contributed by atoms with Crippen molar-refractivity contribution in [3.8, 4) is 0 Å². The van der Waals surface area contributed by atoms with E-state index in [-0.39, 0.29) is 14.9 Å². The molecule has 0 saturated heterocycles. The number of rotatable bonds is 0. The molecular weight excluding hydrogens is 116 g/mol. The predicted molar refractivity (Wildman–Crippen MR) is 28.1 cm³/mol. The van der Waals surface area contributed by atoms with E-state index in [0.29, 0.717) is 0 Å². The molecule has 0 aromatic rings. The lowest BCUT2D eigenvalue weighted by atomic mass is 12.0. The first-order chi connectivity index (χ1) is 2.00. The summed E-state index contributed by atoms with van der Waals surface area (Å²) in [5.74, 6) is 0. The van der Waals surface area contributed by atoms with E-state index in [4.69, 9.17) is 19.2 Å². The van der Waals surface area contributed by atoms with Crippen molar-refractivity contribution in [3.63, 3.8) is 0 Å². The molecule has 0 aliphatic heterocycles. The van der Waals surface area contributed by atoms with Gasteiger partial charge in [-0.3, -0.25) is 0 Å². The van der Waals surface area contributed by atoms with Gasteiger partial charge in [0, 0.05) is 0 Å². The van der Waals surface area contributed by atoms with E-state index in [1.807, 2.05) is 0 Å². The van der Waals surface area contributed by atoms with Gasteiger partial charge in [0.25, 0.3) is 0 Å². The molecule has 0 aromatic heterocycles. The normalized spacial score (nSPS) is 8.57. The van der Waals surface area contributed by atoms with Crippen molar-refractivity contribution in [2.45, 2.75) is 14.9 Å². The predicted octanol–water partition coefficient (Wildman–Crippen LogP) is -1.34. The van der Waals surface area contributed by atoms with E-state index in [1.54, 1.807) is 0 Å². The Morgan fingerprint density at radius 2 is 0.714 bits per heavy atom. The summed E-state index contributed by atoms with van der Waals surface area (Å²) >= 11 is 0. The summed E-state index contributed by atoms with van der Waals surface area (Å²) in [5, 5.41) is 0. The molecule has 0 rings (SSSR count). The van der Waals surface area contributed by atoms with E-state index in [9.17, 15) is 0 Å². The zero-order valence-electron chi connectivity index (χ0n) is 2.29. The molecule has 0 fully saturated rings. The van der Waals surface area contributed by atoms with Gasteiger partial charge >= 0.3 is 9.05 Å². The van der Waals surface area contributed by atoms with Gasteiger partial charge in [0.15, 0.2) is 0 Å². The lowest BCUT2D eigenvalue weighted by molar-refractivity contribution is 0.117. The number of hydrogen-bond donors (Lipinski definition) is 4. The minimum absolute atomic E-state index is 0. The second kappa shape index (κ2) is 4.22. The molecule has 0 aliphatic carbocycles. The molecule has 0 unspecified atom stereocenters. The third-order valence-electron chi connectivity index (χ3n) is 0. The van der Waals surface area contributed by atoms with Crippen LogP contribution in [0.3, 0.4) is 0 Å². The summed E-state index contributed by atoms with van der Waals surface area (Å²) in [6.07, 6.45) is 0. The summed E-state index contributed by atoms with van der Waals surface area (Å²) in [5.41, 5.74) is 0. The smallest absolute Gasteiger partial charge is 0.368 e. The van der Waals surface area contributed by atoms with Crippen LogP contribution in [-0.2, 0) is 0 Å². The van der Waals surface area contributed by atoms with Crippen LogP contribution in [0.1, 0.15) is 14.9 Å². The van der Waals surface area contributed by atoms with Crippen molar-refractivity contribution < 1.29 is 19.2 Å². The highest BCUT2D eigenvalue weighted by molar-refractivity contribution is 6.46. The average molecular weight is 128 g/mol. The SMILES string of the molecule is C.C.O[Si](O)(O)O. The maximum absolute atomic E-state index is 7.33. The van der Waals surface area contributed by atoms with Crippen molar-refractivity contribution in [1.29, 1.82) is 0 Å². The second-order valence-electron chi connectivity index (χ2n) is 0.600. The largest absolute Gasteiger partial charge is 0.668 e. The Morgan fingerprint density at radius 1 is 0.714 bits per heavy atom. The summed E-state index contributed by atoms with van der Waals surface area (Å²) < 4.78 is 0. The van der Waals surface area contributed by atoms with Gasteiger partial charge in [-0.05, 0) is 0 Å². The van der Waals surface area contributed by atoms with Crippen LogP contribution in [0.25, 0.3) is 0 Å². The van der Waals surface area contributed by atoms with Crippen molar-refractivity contribution in [1.82, 2.24) is 0 Å². The minimum Gasteiger partial charge on any atom is -0.368 e. The Morgan fingerprint density at radius 3 is 0.714 bits per heavy atom. The van der Waals surface area contributed by atoms with Gasteiger partial charge < -0.3 is 19.2 Å². The topological polar surface area (TPSA) is 80.9 Å². The Bertz CT molecular complexity index is 25.2. The molecular formula is C2H12O4Si. The zero-order valence-corrected chi connectivity index (χ0v) is 3.29. The van der Waals surface area contributed by atoms with Gasteiger partial charge in [0.2, 0.25) is 0 Å². The Hall–Kier alpha value is 0.0569. The third kappa shape index (κ3) is 30800. The van der Waals surface area contributed by atoms with Gasteiger partial charge in [-0.25, -0.2) is 0 Å². The molecule has 5 heteroatoms. The highest BCUT2D eigenvalue weighted by Gasteiger charge is 2.22. The summed E-state index contributed by atoms with van der Waals surface area (Å²) in [6, 6.07) is 0. The molecule has 4 nitrogen and oxygen atoms in total. The molecule has 0 atom stereocenters. The molecule has 0 aliphatic rings. The zero-order chi connectivity index (χ0) is 4.50. The van der Waals surface area contributed by atoms with E-state index in [1.165, 1.54) is 0 Å². The van der Waals surface area contributed by atoms with Crippen LogP contribution >= 0.6 is 0 Å². The quantitative estimate of drug-likeness (QED) is 0.304. The molecule has 0 aromatic carbocycles. The lowest BCUT2D eigenvalue weighted by Crippen LogP contribution is -2.33. The van der Waals surface area contributed by atoms with Crippen LogP contribution in [0.5, 0.6) is 0 Å². The second-order valence-corrected chi connectivity index (χ2v) is 1.80. The van der Waals surface area contributed by atoms with Crippen LogP contribution in [0, 0.1) is 0 Å². The highest BCUT2D eigenvalue weighted by Crippen LogP contribution is 1.67. The van der Waals surface area contributed by atoms with Gasteiger partial charge in [0.1, 0.15) is 0 Å². The molecule has 0 spiro atoms. The molecule has 0 amide bonds. The lowest BCUT2D eigenvalue weighted by Gasteiger charge is -1.91. The summed E-state index contributed by atoms with van der Waals surface area (Å²) in [7, 11) is -4.61.